The largest absolute Gasteiger partial charge is 0.356 e. The normalized spacial score (nSPS) is 12.4. The Morgan fingerprint density at radius 1 is 1.56 bits per heavy atom. The lowest BCUT2D eigenvalue weighted by Crippen LogP contribution is -2.26. The molecule has 1 amide bonds. The van der Waals surface area contributed by atoms with Crippen LogP contribution in [0.25, 0.3) is 0 Å². The van der Waals surface area contributed by atoms with Crippen LogP contribution in [0.15, 0.2) is 24.7 Å². The number of hydrogen-bond donors (Lipinski definition) is 3. The highest BCUT2D eigenvalue weighted by molar-refractivity contribution is 6.30. The van der Waals surface area contributed by atoms with Crippen molar-refractivity contribution in [1.82, 2.24) is 20.5 Å². The molecule has 16 heavy (non-hydrogen) atoms. The van der Waals surface area contributed by atoms with Gasteiger partial charge in [-0.3, -0.25) is 9.89 Å². The highest BCUT2D eigenvalue weighted by atomic mass is 35.5. The predicted molar refractivity (Wildman–Crippen MR) is 60.3 cm³/mol. The molecule has 1 unspecified atom stereocenters. The third-order valence-electron chi connectivity index (χ3n) is 2.26. The zero-order chi connectivity index (χ0) is 11.5. The van der Waals surface area contributed by atoms with Gasteiger partial charge in [-0.2, -0.15) is 5.10 Å². The molecular formula is C10H11ClN4O. The number of rotatable bonds is 3. The second-order valence-corrected chi connectivity index (χ2v) is 3.89. The van der Waals surface area contributed by atoms with Crippen LogP contribution in [0, 0.1) is 0 Å². The minimum atomic E-state index is -0.194. The summed E-state index contributed by atoms with van der Waals surface area (Å²) in [4.78, 5) is 14.5. The first-order valence-electron chi connectivity index (χ1n) is 4.80. The first-order valence-corrected chi connectivity index (χ1v) is 5.18. The van der Waals surface area contributed by atoms with Crippen molar-refractivity contribution in [2.75, 3.05) is 0 Å². The van der Waals surface area contributed by atoms with Crippen molar-refractivity contribution >= 4 is 17.5 Å². The van der Waals surface area contributed by atoms with E-state index in [9.17, 15) is 4.79 Å². The van der Waals surface area contributed by atoms with E-state index in [1.165, 1.54) is 0 Å². The number of aromatic nitrogens is 3. The van der Waals surface area contributed by atoms with E-state index in [1.807, 2.05) is 6.92 Å². The highest BCUT2D eigenvalue weighted by Gasteiger charge is 2.13. The van der Waals surface area contributed by atoms with E-state index < -0.39 is 0 Å². The van der Waals surface area contributed by atoms with Crippen LogP contribution >= 0.6 is 11.6 Å². The molecule has 6 heteroatoms. The number of halogens is 1. The van der Waals surface area contributed by atoms with Gasteiger partial charge in [0.2, 0.25) is 0 Å². The molecule has 0 aliphatic rings. The summed E-state index contributed by atoms with van der Waals surface area (Å²) in [6, 6.07) is 1.48. The van der Waals surface area contributed by atoms with Crippen LogP contribution in [0.2, 0.25) is 5.02 Å². The summed E-state index contributed by atoms with van der Waals surface area (Å²) in [6.45, 7) is 1.88. The van der Waals surface area contributed by atoms with E-state index in [4.69, 9.17) is 11.6 Å². The summed E-state index contributed by atoms with van der Waals surface area (Å²) >= 11 is 5.71. The Kier molecular flexibility index (Phi) is 2.96. The summed E-state index contributed by atoms with van der Waals surface area (Å²) in [5.74, 6) is -0.194. The zero-order valence-corrected chi connectivity index (χ0v) is 9.38. The number of H-pyrrole nitrogens is 2. The van der Waals surface area contributed by atoms with Crippen LogP contribution in [0.5, 0.6) is 0 Å². The Balaban J connectivity index is 2.03. The molecule has 0 radical (unpaired) electrons. The Labute approximate surface area is 97.2 Å². The SMILES string of the molecule is CC(NC(=O)c1cc(Cl)c[nH]1)c1cn[nH]c1. The fraction of sp³-hybridized carbons (Fsp3) is 0.200. The third-order valence-corrected chi connectivity index (χ3v) is 2.48. The summed E-state index contributed by atoms with van der Waals surface area (Å²) in [5, 5.41) is 9.86. The molecule has 2 aromatic heterocycles. The lowest BCUT2D eigenvalue weighted by molar-refractivity contribution is 0.0935. The molecule has 1 atom stereocenters. The zero-order valence-electron chi connectivity index (χ0n) is 8.62. The van der Waals surface area contributed by atoms with Crippen LogP contribution in [-0.2, 0) is 0 Å². The van der Waals surface area contributed by atoms with Gasteiger partial charge in [0, 0.05) is 18.0 Å². The van der Waals surface area contributed by atoms with Crippen LogP contribution in [-0.4, -0.2) is 21.1 Å². The number of carbonyl (C=O) groups is 1. The standard InChI is InChI=1S/C10H11ClN4O/c1-6(7-3-13-14-4-7)15-10(16)9-2-8(11)5-12-9/h2-6,12H,1H3,(H,13,14)(H,15,16). The van der Waals surface area contributed by atoms with Crippen molar-refractivity contribution in [2.45, 2.75) is 13.0 Å². The van der Waals surface area contributed by atoms with Crippen LogP contribution in [0.1, 0.15) is 29.0 Å². The van der Waals surface area contributed by atoms with Crippen molar-refractivity contribution in [2.24, 2.45) is 0 Å². The molecule has 5 nitrogen and oxygen atoms in total. The number of nitrogens with zero attached hydrogens (tertiary/aromatic N) is 1. The maximum Gasteiger partial charge on any atom is 0.268 e. The highest BCUT2D eigenvalue weighted by Crippen LogP contribution is 2.12. The first-order chi connectivity index (χ1) is 7.66. The molecule has 0 fully saturated rings. The molecule has 2 aromatic rings. The second-order valence-electron chi connectivity index (χ2n) is 3.46. The van der Waals surface area contributed by atoms with Crippen molar-refractivity contribution in [3.05, 3.63) is 40.9 Å². The third kappa shape index (κ3) is 2.25. The summed E-state index contributed by atoms with van der Waals surface area (Å²) in [7, 11) is 0. The monoisotopic (exact) mass is 238 g/mol. The number of amides is 1. The van der Waals surface area contributed by atoms with Gasteiger partial charge in [0.05, 0.1) is 17.3 Å². The summed E-state index contributed by atoms with van der Waals surface area (Å²) in [5.41, 5.74) is 1.37. The van der Waals surface area contributed by atoms with Crippen LogP contribution < -0.4 is 5.32 Å². The maximum atomic E-state index is 11.7. The van der Waals surface area contributed by atoms with Gasteiger partial charge >= 0.3 is 0 Å². The minimum Gasteiger partial charge on any atom is -0.356 e. The van der Waals surface area contributed by atoms with Gasteiger partial charge in [-0.1, -0.05) is 11.6 Å². The number of nitrogens with one attached hydrogen (secondary N) is 3. The summed E-state index contributed by atoms with van der Waals surface area (Å²) in [6.07, 6.45) is 4.98. The Hall–Kier alpha value is -1.75. The van der Waals surface area contributed by atoms with E-state index >= 15 is 0 Å². The van der Waals surface area contributed by atoms with Gasteiger partial charge in [-0.15, -0.1) is 0 Å². The molecule has 0 spiro atoms. The molecule has 3 N–H and O–H groups in total. The molecule has 2 rings (SSSR count). The van der Waals surface area contributed by atoms with E-state index in [1.54, 1.807) is 24.7 Å². The lowest BCUT2D eigenvalue weighted by atomic mass is 10.2. The Bertz CT molecular complexity index is 477. The minimum absolute atomic E-state index is 0.103. The second kappa shape index (κ2) is 4.40. The van der Waals surface area contributed by atoms with Crippen molar-refractivity contribution < 1.29 is 4.79 Å². The van der Waals surface area contributed by atoms with Crippen molar-refractivity contribution in [3.63, 3.8) is 0 Å². The molecule has 84 valence electrons. The predicted octanol–water partition coefficient (Wildman–Crippen LogP) is 1.88. The van der Waals surface area contributed by atoms with E-state index in [0.717, 1.165) is 5.56 Å². The summed E-state index contributed by atoms with van der Waals surface area (Å²) < 4.78 is 0. The molecule has 0 saturated heterocycles. The molecular weight excluding hydrogens is 228 g/mol. The number of carbonyl (C=O) groups excluding carboxylic acids is 1. The maximum absolute atomic E-state index is 11.7. The average Bonchev–Trinajstić information content (AvgIpc) is 2.87. The smallest absolute Gasteiger partial charge is 0.268 e. The van der Waals surface area contributed by atoms with Crippen LogP contribution in [0.3, 0.4) is 0 Å². The van der Waals surface area contributed by atoms with Crippen molar-refractivity contribution in [3.8, 4) is 0 Å². The number of aromatic amines is 2. The van der Waals surface area contributed by atoms with Gasteiger partial charge in [0.1, 0.15) is 5.69 Å². The molecule has 0 aliphatic heterocycles. The van der Waals surface area contributed by atoms with E-state index in [2.05, 4.69) is 20.5 Å². The Morgan fingerprint density at radius 3 is 2.94 bits per heavy atom. The average molecular weight is 239 g/mol. The molecule has 2 heterocycles. The quantitative estimate of drug-likeness (QED) is 0.764. The Morgan fingerprint density at radius 2 is 2.38 bits per heavy atom. The van der Waals surface area contributed by atoms with Gasteiger partial charge in [-0.05, 0) is 13.0 Å². The lowest BCUT2D eigenvalue weighted by Gasteiger charge is -2.10. The first kappa shape index (κ1) is 10.8. The van der Waals surface area contributed by atoms with Gasteiger partial charge in [-0.25, -0.2) is 0 Å². The fourth-order valence-electron chi connectivity index (χ4n) is 1.35. The van der Waals surface area contributed by atoms with Gasteiger partial charge < -0.3 is 10.3 Å². The molecule has 0 bridgehead atoms. The fourth-order valence-corrected chi connectivity index (χ4v) is 1.52. The van der Waals surface area contributed by atoms with Crippen LogP contribution in [0.4, 0.5) is 0 Å². The van der Waals surface area contributed by atoms with E-state index in [-0.39, 0.29) is 11.9 Å². The topological polar surface area (TPSA) is 73.6 Å². The molecule has 0 aromatic carbocycles. The number of hydrogen-bond acceptors (Lipinski definition) is 2. The van der Waals surface area contributed by atoms with Gasteiger partial charge in [0.25, 0.3) is 5.91 Å². The molecule has 0 aliphatic carbocycles. The van der Waals surface area contributed by atoms with Crippen molar-refractivity contribution in [1.29, 1.82) is 0 Å². The molecule has 0 saturated carbocycles. The van der Waals surface area contributed by atoms with Gasteiger partial charge in [0.15, 0.2) is 0 Å². The van der Waals surface area contributed by atoms with E-state index in [0.29, 0.717) is 10.7 Å².